The van der Waals surface area contributed by atoms with Crippen molar-refractivity contribution >= 4 is 11.9 Å². The van der Waals surface area contributed by atoms with Gasteiger partial charge in [-0.05, 0) is 37.0 Å². The molecule has 1 unspecified atom stereocenters. The van der Waals surface area contributed by atoms with Gasteiger partial charge in [0.15, 0.2) is 0 Å². The van der Waals surface area contributed by atoms with E-state index < -0.39 is 17.9 Å². The van der Waals surface area contributed by atoms with Gasteiger partial charge < -0.3 is 10.2 Å². The van der Waals surface area contributed by atoms with Crippen LogP contribution in [0.15, 0.2) is 0 Å². The normalized spacial score (nSPS) is 33.5. The van der Waals surface area contributed by atoms with E-state index in [4.69, 9.17) is 5.11 Å². The molecule has 0 radical (unpaired) electrons. The van der Waals surface area contributed by atoms with Gasteiger partial charge in [0.2, 0.25) is 0 Å². The highest BCUT2D eigenvalue weighted by Gasteiger charge is 2.39. The molecule has 0 aromatic rings. The minimum atomic E-state index is -0.798. The lowest BCUT2D eigenvalue weighted by Crippen LogP contribution is -2.36. The van der Waals surface area contributed by atoms with Crippen molar-refractivity contribution in [1.29, 1.82) is 0 Å². The topological polar surface area (TPSA) is 74.6 Å². The van der Waals surface area contributed by atoms with Crippen molar-refractivity contribution < 1.29 is 19.8 Å². The van der Waals surface area contributed by atoms with Crippen LogP contribution >= 0.6 is 0 Å². The van der Waals surface area contributed by atoms with Crippen LogP contribution in [-0.2, 0) is 9.59 Å². The van der Waals surface area contributed by atoms with E-state index in [0.29, 0.717) is 19.3 Å². The first-order valence-corrected chi connectivity index (χ1v) is 6.19. The second-order valence-electron chi connectivity index (χ2n) is 6.04. The molecule has 2 N–H and O–H groups in total. The average molecular weight is 242 g/mol. The van der Waals surface area contributed by atoms with Gasteiger partial charge in [-0.25, -0.2) is 0 Å². The molecule has 0 aromatic heterocycles. The third-order valence-corrected chi connectivity index (χ3v) is 3.96. The second-order valence-corrected chi connectivity index (χ2v) is 6.04. The van der Waals surface area contributed by atoms with Crippen molar-refractivity contribution in [3.05, 3.63) is 0 Å². The molecular formula is C13H22O4. The minimum absolute atomic E-state index is 0.255. The third-order valence-electron chi connectivity index (χ3n) is 3.96. The van der Waals surface area contributed by atoms with Crippen LogP contribution in [0.25, 0.3) is 0 Å². The smallest absolute Gasteiger partial charge is 0.307 e. The Bertz CT molecular complexity index is 309. The van der Waals surface area contributed by atoms with Crippen molar-refractivity contribution in [2.75, 3.05) is 0 Å². The number of hydrogen-bond donors (Lipinski definition) is 2. The first-order chi connectivity index (χ1) is 7.74. The standard InChI is InChI=1S/C13H22O4/c1-8-6-9(11(14)15)4-5-10(12(16)17)13(2,3)7-8/h8-10H,4-7H2,1-3H3,(H,14,15)(H,16,17)/t8?,9-,10+/m0/s1. The number of carbonyl (C=O) groups is 2. The van der Waals surface area contributed by atoms with E-state index in [9.17, 15) is 14.7 Å². The van der Waals surface area contributed by atoms with Crippen molar-refractivity contribution in [3.8, 4) is 0 Å². The number of rotatable bonds is 2. The fourth-order valence-corrected chi connectivity index (χ4v) is 3.17. The van der Waals surface area contributed by atoms with E-state index in [1.54, 1.807) is 0 Å². The summed E-state index contributed by atoms with van der Waals surface area (Å²) in [5.41, 5.74) is -0.255. The molecule has 0 saturated heterocycles. The van der Waals surface area contributed by atoms with E-state index in [1.807, 2.05) is 20.8 Å². The summed E-state index contributed by atoms with van der Waals surface area (Å²) >= 11 is 0. The Labute approximate surface area is 102 Å². The van der Waals surface area contributed by atoms with E-state index in [2.05, 4.69) is 0 Å². The van der Waals surface area contributed by atoms with Crippen molar-refractivity contribution in [2.24, 2.45) is 23.2 Å². The van der Waals surface area contributed by atoms with Crippen LogP contribution < -0.4 is 0 Å². The average Bonchev–Trinajstić information content (AvgIpc) is 2.11. The summed E-state index contributed by atoms with van der Waals surface area (Å²) in [7, 11) is 0. The predicted octanol–water partition coefficient (Wildman–Crippen LogP) is 2.62. The van der Waals surface area contributed by atoms with Gasteiger partial charge in [0.1, 0.15) is 0 Å². The maximum atomic E-state index is 11.3. The van der Waals surface area contributed by atoms with Gasteiger partial charge in [-0.3, -0.25) is 9.59 Å². The van der Waals surface area contributed by atoms with E-state index in [1.165, 1.54) is 0 Å². The zero-order valence-electron chi connectivity index (χ0n) is 10.8. The number of carboxylic acid groups (broad SMARTS) is 2. The van der Waals surface area contributed by atoms with Crippen molar-refractivity contribution in [3.63, 3.8) is 0 Å². The zero-order chi connectivity index (χ0) is 13.2. The highest BCUT2D eigenvalue weighted by Crippen LogP contribution is 2.42. The molecule has 1 saturated carbocycles. The van der Waals surface area contributed by atoms with Gasteiger partial charge in [0.25, 0.3) is 0 Å². The number of aliphatic carboxylic acids is 2. The molecular weight excluding hydrogens is 220 g/mol. The zero-order valence-corrected chi connectivity index (χ0v) is 10.8. The largest absolute Gasteiger partial charge is 0.481 e. The second kappa shape index (κ2) is 5.07. The fourth-order valence-electron chi connectivity index (χ4n) is 3.17. The van der Waals surface area contributed by atoms with Crippen LogP contribution in [0.3, 0.4) is 0 Å². The SMILES string of the molecule is CC1C[C@@H](C(=O)O)CC[C@H](C(=O)O)C(C)(C)C1. The first kappa shape index (κ1) is 14.0. The number of hydrogen-bond acceptors (Lipinski definition) is 2. The highest BCUT2D eigenvalue weighted by molar-refractivity contribution is 5.72. The monoisotopic (exact) mass is 242 g/mol. The molecule has 0 aliphatic heterocycles. The molecule has 0 spiro atoms. The lowest BCUT2D eigenvalue weighted by atomic mass is 9.67. The van der Waals surface area contributed by atoms with Crippen molar-refractivity contribution in [2.45, 2.75) is 46.5 Å². The minimum Gasteiger partial charge on any atom is -0.481 e. The van der Waals surface area contributed by atoms with Crippen LogP contribution in [0, 0.1) is 23.2 Å². The lowest BCUT2D eigenvalue weighted by Gasteiger charge is -2.37. The third kappa shape index (κ3) is 3.45. The maximum absolute atomic E-state index is 11.3. The molecule has 4 nitrogen and oxygen atoms in total. The molecule has 98 valence electrons. The Morgan fingerprint density at radius 2 is 1.71 bits per heavy atom. The summed E-state index contributed by atoms with van der Waals surface area (Å²) in [6.45, 7) is 5.97. The summed E-state index contributed by atoms with van der Waals surface area (Å²) in [6.07, 6.45) is 2.37. The molecule has 0 aromatic carbocycles. The number of carboxylic acids is 2. The van der Waals surface area contributed by atoms with Gasteiger partial charge in [-0.15, -0.1) is 0 Å². The van der Waals surface area contributed by atoms with E-state index >= 15 is 0 Å². The molecule has 3 atom stereocenters. The Hall–Kier alpha value is -1.06. The molecule has 0 bridgehead atoms. The van der Waals surface area contributed by atoms with Gasteiger partial charge in [0, 0.05) is 0 Å². The van der Waals surface area contributed by atoms with Gasteiger partial charge in [-0.2, -0.15) is 0 Å². The Kier molecular flexibility index (Phi) is 4.17. The summed E-state index contributed by atoms with van der Waals surface area (Å²) in [6, 6.07) is 0. The van der Waals surface area contributed by atoms with Crippen LogP contribution in [0.2, 0.25) is 0 Å². The summed E-state index contributed by atoms with van der Waals surface area (Å²) in [5, 5.41) is 18.3. The fraction of sp³-hybridized carbons (Fsp3) is 0.846. The lowest BCUT2D eigenvalue weighted by molar-refractivity contribution is -0.150. The molecule has 1 fully saturated rings. The molecule has 17 heavy (non-hydrogen) atoms. The van der Waals surface area contributed by atoms with Gasteiger partial charge >= 0.3 is 11.9 Å². The Balaban J connectivity index is 2.87. The van der Waals surface area contributed by atoms with Crippen LogP contribution in [0.4, 0.5) is 0 Å². The predicted molar refractivity (Wildman–Crippen MR) is 63.7 cm³/mol. The first-order valence-electron chi connectivity index (χ1n) is 6.19. The molecule has 4 heteroatoms. The van der Waals surface area contributed by atoms with Crippen LogP contribution in [0.5, 0.6) is 0 Å². The molecule has 1 rings (SSSR count). The van der Waals surface area contributed by atoms with Crippen LogP contribution in [-0.4, -0.2) is 22.2 Å². The molecule has 1 aliphatic carbocycles. The summed E-state index contributed by atoms with van der Waals surface area (Å²) < 4.78 is 0. The maximum Gasteiger partial charge on any atom is 0.307 e. The quantitative estimate of drug-likeness (QED) is 0.780. The molecule has 0 heterocycles. The molecule has 1 aliphatic rings. The summed E-state index contributed by atoms with van der Waals surface area (Å²) in [4.78, 5) is 22.3. The van der Waals surface area contributed by atoms with Gasteiger partial charge in [-0.1, -0.05) is 20.8 Å². The van der Waals surface area contributed by atoms with Crippen molar-refractivity contribution in [1.82, 2.24) is 0 Å². The van der Waals surface area contributed by atoms with Crippen LogP contribution in [0.1, 0.15) is 46.5 Å². The highest BCUT2D eigenvalue weighted by atomic mass is 16.4. The van der Waals surface area contributed by atoms with E-state index in [-0.39, 0.29) is 17.3 Å². The Morgan fingerprint density at radius 3 is 2.18 bits per heavy atom. The van der Waals surface area contributed by atoms with Gasteiger partial charge in [0.05, 0.1) is 11.8 Å². The summed E-state index contributed by atoms with van der Waals surface area (Å²) in [5.74, 6) is -2.16. The van der Waals surface area contributed by atoms with E-state index in [0.717, 1.165) is 6.42 Å². The Morgan fingerprint density at radius 1 is 1.12 bits per heavy atom. The molecule has 0 amide bonds.